The number of alkyl carbamates (subject to hydrolysis) is 1. The Morgan fingerprint density at radius 3 is 2.35 bits per heavy atom. The van der Waals surface area contributed by atoms with Crippen molar-refractivity contribution in [3.63, 3.8) is 0 Å². The lowest BCUT2D eigenvalue weighted by Gasteiger charge is -2.26. The molecule has 1 aliphatic rings. The van der Waals surface area contributed by atoms with Gasteiger partial charge in [-0.2, -0.15) is 0 Å². The second-order valence-corrected chi connectivity index (χ2v) is 7.42. The van der Waals surface area contributed by atoms with Crippen molar-refractivity contribution in [2.75, 3.05) is 7.05 Å². The van der Waals surface area contributed by atoms with Gasteiger partial charge in [0.05, 0.1) is 6.10 Å². The van der Waals surface area contributed by atoms with E-state index in [1.165, 1.54) is 0 Å². The predicted octanol–water partition coefficient (Wildman–Crippen LogP) is 2.35. The van der Waals surface area contributed by atoms with Crippen molar-refractivity contribution in [1.82, 2.24) is 10.6 Å². The van der Waals surface area contributed by atoms with Crippen LogP contribution in [0.15, 0.2) is 0 Å². The van der Waals surface area contributed by atoms with Crippen molar-refractivity contribution in [1.29, 1.82) is 0 Å². The van der Waals surface area contributed by atoms with Crippen LogP contribution in [0.2, 0.25) is 0 Å². The molecule has 0 saturated heterocycles. The summed E-state index contributed by atoms with van der Waals surface area (Å²) in [5, 5.41) is 14.8. The van der Waals surface area contributed by atoms with E-state index in [4.69, 9.17) is 4.74 Å². The first-order valence-corrected chi connectivity index (χ1v) is 8.60. The number of rotatable bonds is 6. The first-order valence-electron chi connectivity index (χ1n) is 8.60. The first kappa shape index (κ1) is 19.7. The standard InChI is InChI=1S/C17H32N2O4/c1-17(2,3)23-16(22)19-14(15(21)18-4)7-5-6-12-8-10-13(20)11-9-12/h12-14,20H,5-11H2,1-4H3,(H,18,21)(H,19,22)/t12?,13?,14-/m0/s1. The lowest BCUT2D eigenvalue weighted by molar-refractivity contribution is -0.122. The lowest BCUT2D eigenvalue weighted by Crippen LogP contribution is -2.47. The van der Waals surface area contributed by atoms with E-state index in [-0.39, 0.29) is 12.0 Å². The van der Waals surface area contributed by atoms with E-state index in [0.29, 0.717) is 12.3 Å². The summed E-state index contributed by atoms with van der Waals surface area (Å²) >= 11 is 0. The molecule has 0 spiro atoms. The monoisotopic (exact) mass is 328 g/mol. The van der Waals surface area contributed by atoms with Gasteiger partial charge in [-0.25, -0.2) is 4.79 Å². The average molecular weight is 328 g/mol. The fourth-order valence-electron chi connectivity index (χ4n) is 2.94. The van der Waals surface area contributed by atoms with Crippen molar-refractivity contribution in [2.24, 2.45) is 5.92 Å². The van der Waals surface area contributed by atoms with E-state index in [1.54, 1.807) is 27.8 Å². The summed E-state index contributed by atoms with van der Waals surface area (Å²) in [6, 6.07) is -0.566. The molecule has 1 atom stereocenters. The first-order chi connectivity index (χ1) is 10.7. The van der Waals surface area contributed by atoms with Crippen LogP contribution in [0.4, 0.5) is 4.79 Å². The van der Waals surface area contributed by atoms with Gasteiger partial charge in [-0.1, -0.05) is 12.8 Å². The molecule has 0 aromatic carbocycles. The van der Waals surface area contributed by atoms with E-state index in [1.807, 2.05) is 0 Å². The van der Waals surface area contributed by atoms with E-state index >= 15 is 0 Å². The Morgan fingerprint density at radius 2 is 1.83 bits per heavy atom. The Bertz CT molecular complexity index is 385. The van der Waals surface area contributed by atoms with Gasteiger partial charge in [0, 0.05) is 7.05 Å². The fourth-order valence-corrected chi connectivity index (χ4v) is 2.94. The number of hydrogen-bond acceptors (Lipinski definition) is 4. The maximum atomic E-state index is 11.9. The summed E-state index contributed by atoms with van der Waals surface area (Å²) in [7, 11) is 1.56. The number of likely N-dealkylation sites (N-methyl/N-ethyl adjacent to an activating group) is 1. The summed E-state index contributed by atoms with van der Waals surface area (Å²) in [4.78, 5) is 23.8. The Labute approximate surface area is 139 Å². The van der Waals surface area contributed by atoms with Gasteiger partial charge in [0.1, 0.15) is 11.6 Å². The summed E-state index contributed by atoms with van der Waals surface area (Å²) < 4.78 is 5.21. The molecular formula is C17H32N2O4. The Kier molecular flexibility index (Phi) is 7.82. The highest BCUT2D eigenvalue weighted by molar-refractivity contribution is 5.85. The summed E-state index contributed by atoms with van der Waals surface area (Å²) in [6.45, 7) is 5.37. The van der Waals surface area contributed by atoms with Crippen LogP contribution in [0.25, 0.3) is 0 Å². The molecule has 6 heteroatoms. The van der Waals surface area contributed by atoms with E-state index < -0.39 is 17.7 Å². The zero-order valence-electron chi connectivity index (χ0n) is 14.9. The molecule has 3 N–H and O–H groups in total. The highest BCUT2D eigenvalue weighted by atomic mass is 16.6. The van der Waals surface area contributed by atoms with Crippen LogP contribution >= 0.6 is 0 Å². The SMILES string of the molecule is CNC(=O)[C@H](CCCC1CCC(O)CC1)NC(=O)OC(C)(C)C. The Morgan fingerprint density at radius 1 is 1.22 bits per heavy atom. The topological polar surface area (TPSA) is 87.7 Å². The molecular weight excluding hydrogens is 296 g/mol. The number of aliphatic hydroxyl groups is 1. The third-order valence-electron chi connectivity index (χ3n) is 4.18. The van der Waals surface area contributed by atoms with Gasteiger partial charge in [0.2, 0.25) is 5.91 Å². The Hall–Kier alpha value is -1.30. The lowest BCUT2D eigenvalue weighted by atomic mass is 9.84. The smallest absolute Gasteiger partial charge is 0.408 e. The third kappa shape index (κ3) is 8.21. The molecule has 23 heavy (non-hydrogen) atoms. The predicted molar refractivity (Wildman–Crippen MR) is 89.0 cm³/mol. The van der Waals surface area contributed by atoms with Gasteiger partial charge < -0.3 is 20.5 Å². The number of nitrogens with one attached hydrogen (secondary N) is 2. The maximum absolute atomic E-state index is 11.9. The van der Waals surface area contributed by atoms with Gasteiger partial charge in [-0.05, 0) is 58.8 Å². The minimum atomic E-state index is -0.583. The fraction of sp³-hybridized carbons (Fsp3) is 0.882. The molecule has 0 unspecified atom stereocenters. The highest BCUT2D eigenvalue weighted by Gasteiger charge is 2.24. The van der Waals surface area contributed by atoms with Crippen LogP contribution in [0.3, 0.4) is 0 Å². The summed E-state index contributed by atoms with van der Waals surface area (Å²) in [5.41, 5.74) is -0.583. The van der Waals surface area contributed by atoms with E-state index in [9.17, 15) is 14.7 Å². The zero-order chi connectivity index (χ0) is 17.5. The molecule has 0 aliphatic heterocycles. The second-order valence-electron chi connectivity index (χ2n) is 7.42. The normalized spacial score (nSPS) is 23.0. The molecule has 0 bridgehead atoms. The second kappa shape index (κ2) is 9.11. The molecule has 1 fully saturated rings. The van der Waals surface area contributed by atoms with Gasteiger partial charge in [0.15, 0.2) is 0 Å². The molecule has 6 nitrogen and oxygen atoms in total. The zero-order valence-corrected chi connectivity index (χ0v) is 14.9. The molecule has 1 rings (SSSR count). The number of amides is 2. The van der Waals surface area contributed by atoms with Crippen molar-refractivity contribution in [3.8, 4) is 0 Å². The van der Waals surface area contributed by atoms with Gasteiger partial charge >= 0.3 is 6.09 Å². The molecule has 1 aliphatic carbocycles. The van der Waals surface area contributed by atoms with Crippen molar-refractivity contribution in [3.05, 3.63) is 0 Å². The van der Waals surface area contributed by atoms with Crippen LogP contribution in [-0.2, 0) is 9.53 Å². The van der Waals surface area contributed by atoms with Gasteiger partial charge in [0.25, 0.3) is 0 Å². The number of ether oxygens (including phenoxy) is 1. The summed E-state index contributed by atoms with van der Waals surface area (Å²) in [6.07, 6.45) is 5.63. The minimum Gasteiger partial charge on any atom is -0.444 e. The van der Waals surface area contributed by atoms with Crippen molar-refractivity contribution < 1.29 is 19.4 Å². The summed E-state index contributed by atoms with van der Waals surface area (Å²) in [5.74, 6) is 0.417. The number of carbonyl (C=O) groups is 2. The number of carbonyl (C=O) groups excluding carboxylic acids is 2. The molecule has 0 aromatic heterocycles. The third-order valence-corrected chi connectivity index (χ3v) is 4.18. The largest absolute Gasteiger partial charge is 0.444 e. The number of aliphatic hydroxyl groups excluding tert-OH is 1. The van der Waals surface area contributed by atoms with Crippen LogP contribution < -0.4 is 10.6 Å². The van der Waals surface area contributed by atoms with Crippen molar-refractivity contribution >= 4 is 12.0 Å². The molecule has 0 aromatic rings. The van der Waals surface area contributed by atoms with Crippen LogP contribution in [0, 0.1) is 5.92 Å². The molecule has 0 heterocycles. The highest BCUT2D eigenvalue weighted by Crippen LogP contribution is 2.28. The van der Waals surface area contributed by atoms with Crippen LogP contribution in [0.5, 0.6) is 0 Å². The van der Waals surface area contributed by atoms with E-state index in [0.717, 1.165) is 38.5 Å². The van der Waals surface area contributed by atoms with E-state index in [2.05, 4.69) is 10.6 Å². The molecule has 134 valence electrons. The maximum Gasteiger partial charge on any atom is 0.408 e. The van der Waals surface area contributed by atoms with Gasteiger partial charge in [-0.15, -0.1) is 0 Å². The molecule has 0 radical (unpaired) electrons. The minimum absolute atomic E-state index is 0.140. The molecule has 1 saturated carbocycles. The van der Waals surface area contributed by atoms with Crippen LogP contribution in [-0.4, -0.2) is 41.9 Å². The van der Waals surface area contributed by atoms with Crippen molar-refractivity contribution in [2.45, 2.75) is 83.5 Å². The Balaban J connectivity index is 2.39. The van der Waals surface area contributed by atoms with Gasteiger partial charge in [-0.3, -0.25) is 4.79 Å². The van der Waals surface area contributed by atoms with Crippen LogP contribution in [0.1, 0.15) is 65.7 Å². The number of hydrogen-bond donors (Lipinski definition) is 3. The molecule has 2 amide bonds. The average Bonchev–Trinajstić information content (AvgIpc) is 2.45. The quantitative estimate of drug-likeness (QED) is 0.698.